The van der Waals surface area contributed by atoms with Crippen molar-refractivity contribution in [2.45, 2.75) is 0 Å². The number of amides is 1. The van der Waals surface area contributed by atoms with Gasteiger partial charge in [0.05, 0.1) is 5.69 Å². The Bertz CT molecular complexity index is 811. The Labute approximate surface area is 131 Å². The average molecular weight is 396 g/mol. The fourth-order valence-electron chi connectivity index (χ4n) is 1.94. The molecule has 3 rings (SSSR count). The number of pyridine rings is 1. The van der Waals surface area contributed by atoms with E-state index in [0.717, 1.165) is 14.6 Å². The third-order valence-corrected chi connectivity index (χ3v) is 3.98. The van der Waals surface area contributed by atoms with Gasteiger partial charge in [0.15, 0.2) is 5.69 Å². The highest BCUT2D eigenvalue weighted by atomic mass is 79.9. The van der Waals surface area contributed by atoms with Gasteiger partial charge in [-0.1, -0.05) is 15.9 Å². The Hall–Kier alpha value is -1.73. The second-order valence-electron chi connectivity index (χ2n) is 4.09. The lowest BCUT2D eigenvalue weighted by Gasteiger charge is -2.04. The SMILES string of the molecule is NC(=O)c1c2nccc(Br)c2nn1-c1ccc(Br)cc1. The van der Waals surface area contributed by atoms with Crippen LogP contribution in [0.25, 0.3) is 16.7 Å². The fourth-order valence-corrected chi connectivity index (χ4v) is 2.59. The molecule has 1 amide bonds. The molecule has 0 saturated heterocycles. The Morgan fingerprint density at radius 1 is 1.10 bits per heavy atom. The summed E-state index contributed by atoms with van der Waals surface area (Å²) in [4.78, 5) is 15.9. The normalized spacial score (nSPS) is 10.9. The summed E-state index contributed by atoms with van der Waals surface area (Å²) in [6.45, 7) is 0. The van der Waals surface area contributed by atoms with E-state index in [0.29, 0.717) is 11.0 Å². The Morgan fingerprint density at radius 2 is 1.80 bits per heavy atom. The third-order valence-electron chi connectivity index (χ3n) is 2.82. The van der Waals surface area contributed by atoms with Crippen molar-refractivity contribution in [3.8, 4) is 5.69 Å². The fraction of sp³-hybridized carbons (Fsp3) is 0. The minimum absolute atomic E-state index is 0.267. The first-order valence-electron chi connectivity index (χ1n) is 5.67. The van der Waals surface area contributed by atoms with Crippen LogP contribution >= 0.6 is 31.9 Å². The molecule has 0 radical (unpaired) electrons. The van der Waals surface area contributed by atoms with E-state index in [-0.39, 0.29) is 5.69 Å². The van der Waals surface area contributed by atoms with Gasteiger partial charge in [0.1, 0.15) is 11.0 Å². The minimum atomic E-state index is -0.569. The molecule has 0 fully saturated rings. The first-order chi connectivity index (χ1) is 9.58. The zero-order valence-corrected chi connectivity index (χ0v) is 13.2. The molecule has 20 heavy (non-hydrogen) atoms. The Balaban J connectivity index is 2.35. The molecule has 1 aromatic carbocycles. The predicted molar refractivity (Wildman–Crippen MR) is 82.8 cm³/mol. The van der Waals surface area contributed by atoms with Crippen LogP contribution in [0, 0.1) is 0 Å². The second-order valence-corrected chi connectivity index (χ2v) is 5.86. The smallest absolute Gasteiger partial charge is 0.269 e. The van der Waals surface area contributed by atoms with E-state index in [4.69, 9.17) is 5.73 Å². The van der Waals surface area contributed by atoms with Crippen molar-refractivity contribution in [2.24, 2.45) is 5.73 Å². The quantitative estimate of drug-likeness (QED) is 0.724. The molecule has 5 nitrogen and oxygen atoms in total. The molecule has 2 heterocycles. The average Bonchev–Trinajstić information content (AvgIpc) is 2.80. The van der Waals surface area contributed by atoms with Crippen LogP contribution in [-0.4, -0.2) is 20.7 Å². The molecule has 0 saturated carbocycles. The molecular weight excluding hydrogens is 388 g/mol. The summed E-state index contributed by atoms with van der Waals surface area (Å²) in [7, 11) is 0. The number of carbonyl (C=O) groups is 1. The number of nitrogens with zero attached hydrogens (tertiary/aromatic N) is 3. The summed E-state index contributed by atoms with van der Waals surface area (Å²) in [5.41, 5.74) is 7.57. The lowest BCUT2D eigenvalue weighted by atomic mass is 10.3. The second kappa shape index (κ2) is 4.99. The maximum atomic E-state index is 11.7. The number of benzene rings is 1. The highest BCUT2D eigenvalue weighted by Gasteiger charge is 2.19. The van der Waals surface area contributed by atoms with E-state index < -0.39 is 5.91 Å². The molecule has 0 spiro atoms. The molecule has 100 valence electrons. The van der Waals surface area contributed by atoms with Gasteiger partial charge < -0.3 is 5.73 Å². The standard InChI is InChI=1S/C13H8Br2N4O/c14-7-1-3-8(4-2-7)19-12(13(16)20)11-10(18-19)9(15)5-6-17-11/h1-6H,(H2,16,20). The number of hydrogen-bond donors (Lipinski definition) is 1. The first-order valence-corrected chi connectivity index (χ1v) is 7.25. The third kappa shape index (κ3) is 2.12. The summed E-state index contributed by atoms with van der Waals surface area (Å²) >= 11 is 6.77. The van der Waals surface area contributed by atoms with Gasteiger partial charge in [-0.3, -0.25) is 9.78 Å². The summed E-state index contributed by atoms with van der Waals surface area (Å²) in [6, 6.07) is 9.20. The van der Waals surface area contributed by atoms with E-state index in [1.807, 2.05) is 24.3 Å². The van der Waals surface area contributed by atoms with E-state index >= 15 is 0 Å². The molecule has 0 bridgehead atoms. The number of aromatic nitrogens is 3. The summed E-state index contributed by atoms with van der Waals surface area (Å²) in [5.74, 6) is -0.569. The van der Waals surface area contributed by atoms with Gasteiger partial charge in [0, 0.05) is 15.1 Å². The van der Waals surface area contributed by atoms with Crippen LogP contribution < -0.4 is 5.73 Å². The number of primary amides is 1. The van der Waals surface area contributed by atoms with Gasteiger partial charge in [-0.25, -0.2) is 4.68 Å². The first kappa shape index (κ1) is 13.3. The molecule has 7 heteroatoms. The Morgan fingerprint density at radius 3 is 2.45 bits per heavy atom. The highest BCUT2D eigenvalue weighted by molar-refractivity contribution is 9.11. The monoisotopic (exact) mass is 394 g/mol. The lowest BCUT2D eigenvalue weighted by molar-refractivity contribution is 0.0994. The minimum Gasteiger partial charge on any atom is -0.364 e. The van der Waals surface area contributed by atoms with Gasteiger partial charge in [-0.15, -0.1) is 0 Å². The zero-order chi connectivity index (χ0) is 14.3. The maximum absolute atomic E-state index is 11.7. The van der Waals surface area contributed by atoms with Crippen molar-refractivity contribution in [1.29, 1.82) is 0 Å². The van der Waals surface area contributed by atoms with Crippen LogP contribution in [0.3, 0.4) is 0 Å². The van der Waals surface area contributed by atoms with Crippen LogP contribution in [-0.2, 0) is 0 Å². The molecule has 0 aliphatic heterocycles. The van der Waals surface area contributed by atoms with Crippen molar-refractivity contribution in [3.63, 3.8) is 0 Å². The van der Waals surface area contributed by atoms with Crippen molar-refractivity contribution in [1.82, 2.24) is 14.8 Å². The van der Waals surface area contributed by atoms with Crippen LogP contribution in [0.2, 0.25) is 0 Å². The largest absolute Gasteiger partial charge is 0.364 e. The van der Waals surface area contributed by atoms with E-state index in [9.17, 15) is 4.79 Å². The number of rotatable bonds is 2. The molecular formula is C13H8Br2N4O. The maximum Gasteiger partial charge on any atom is 0.269 e. The summed E-state index contributed by atoms with van der Waals surface area (Å²) in [5, 5.41) is 4.42. The van der Waals surface area contributed by atoms with Crippen molar-refractivity contribution in [3.05, 3.63) is 51.2 Å². The van der Waals surface area contributed by atoms with Crippen LogP contribution in [0.15, 0.2) is 45.5 Å². The van der Waals surface area contributed by atoms with E-state index in [1.165, 1.54) is 4.68 Å². The topological polar surface area (TPSA) is 73.8 Å². The molecule has 0 unspecified atom stereocenters. The van der Waals surface area contributed by atoms with Gasteiger partial charge >= 0.3 is 0 Å². The van der Waals surface area contributed by atoms with Gasteiger partial charge in [0.2, 0.25) is 0 Å². The molecule has 0 atom stereocenters. The molecule has 3 aromatic rings. The van der Waals surface area contributed by atoms with Crippen molar-refractivity contribution >= 4 is 48.8 Å². The molecule has 0 aliphatic rings. The van der Waals surface area contributed by atoms with Crippen molar-refractivity contribution < 1.29 is 4.79 Å². The lowest BCUT2D eigenvalue weighted by Crippen LogP contribution is -2.17. The number of nitrogens with two attached hydrogens (primary N) is 1. The van der Waals surface area contributed by atoms with Crippen LogP contribution in [0.5, 0.6) is 0 Å². The zero-order valence-electron chi connectivity index (χ0n) is 10.0. The molecule has 2 N–H and O–H groups in total. The number of fused-ring (bicyclic) bond motifs is 1. The summed E-state index contributed by atoms with van der Waals surface area (Å²) in [6.07, 6.45) is 1.60. The van der Waals surface area contributed by atoms with Crippen LogP contribution in [0.1, 0.15) is 10.5 Å². The predicted octanol–water partition coefficient (Wildman–Crippen LogP) is 3.04. The van der Waals surface area contributed by atoms with Gasteiger partial charge in [-0.2, -0.15) is 5.10 Å². The molecule has 0 aliphatic carbocycles. The molecule has 2 aromatic heterocycles. The number of hydrogen-bond acceptors (Lipinski definition) is 3. The number of halogens is 2. The van der Waals surface area contributed by atoms with Gasteiger partial charge in [0.25, 0.3) is 5.91 Å². The van der Waals surface area contributed by atoms with E-state index in [1.54, 1.807) is 12.3 Å². The van der Waals surface area contributed by atoms with Crippen LogP contribution in [0.4, 0.5) is 0 Å². The highest BCUT2D eigenvalue weighted by Crippen LogP contribution is 2.26. The Kier molecular flexibility index (Phi) is 3.31. The summed E-state index contributed by atoms with van der Waals surface area (Å²) < 4.78 is 3.22. The van der Waals surface area contributed by atoms with E-state index in [2.05, 4.69) is 41.9 Å². The number of carbonyl (C=O) groups excluding carboxylic acids is 1. The van der Waals surface area contributed by atoms with Crippen molar-refractivity contribution in [2.75, 3.05) is 0 Å². The van der Waals surface area contributed by atoms with Gasteiger partial charge in [-0.05, 0) is 46.3 Å².